The molecule has 1 atom stereocenters. The zero-order valence-corrected chi connectivity index (χ0v) is 16.3. The summed E-state index contributed by atoms with van der Waals surface area (Å²) in [5.41, 5.74) is 2.55. The maximum absolute atomic E-state index is 12.3. The highest BCUT2D eigenvalue weighted by atomic mass is 16.2. The van der Waals surface area contributed by atoms with Crippen LogP contribution in [0.1, 0.15) is 48.7 Å². The molecule has 1 aromatic rings. The first-order chi connectivity index (χ1) is 12.1. The number of rotatable bonds is 5. The number of likely N-dealkylation sites (tertiary alicyclic amines) is 1. The third-order valence-electron chi connectivity index (χ3n) is 4.78. The van der Waals surface area contributed by atoms with Gasteiger partial charge < -0.3 is 15.5 Å². The fourth-order valence-electron chi connectivity index (χ4n) is 3.02. The topological polar surface area (TPSA) is 78.5 Å². The molecule has 2 N–H and O–H groups in total. The monoisotopic (exact) mass is 359 g/mol. The van der Waals surface area contributed by atoms with Crippen LogP contribution in [-0.4, -0.2) is 47.8 Å². The predicted octanol–water partition coefficient (Wildman–Crippen LogP) is 1.80. The molecule has 1 heterocycles. The maximum atomic E-state index is 12.3. The number of aryl methyl sites for hydroxylation is 2. The molecule has 3 amide bonds. The van der Waals surface area contributed by atoms with E-state index in [1.54, 1.807) is 11.0 Å². The summed E-state index contributed by atoms with van der Waals surface area (Å²) in [5.74, 6) is -0.597. The van der Waals surface area contributed by atoms with Crippen molar-refractivity contribution in [2.24, 2.45) is 5.92 Å². The normalized spacial score (nSPS) is 17.3. The minimum atomic E-state index is -0.322. The highest BCUT2D eigenvalue weighted by Crippen LogP contribution is 2.25. The number of benzene rings is 1. The second kappa shape index (κ2) is 7.89. The molecule has 1 aliphatic rings. The van der Waals surface area contributed by atoms with Gasteiger partial charge in [-0.2, -0.15) is 0 Å². The van der Waals surface area contributed by atoms with Gasteiger partial charge in [0.05, 0.1) is 5.92 Å². The smallest absolute Gasteiger partial charge is 0.251 e. The second-order valence-corrected chi connectivity index (χ2v) is 7.92. The van der Waals surface area contributed by atoms with Crippen LogP contribution < -0.4 is 10.6 Å². The van der Waals surface area contributed by atoms with Gasteiger partial charge in [-0.15, -0.1) is 0 Å². The van der Waals surface area contributed by atoms with Crippen molar-refractivity contribution in [1.29, 1.82) is 0 Å². The van der Waals surface area contributed by atoms with E-state index < -0.39 is 0 Å². The summed E-state index contributed by atoms with van der Waals surface area (Å²) >= 11 is 0. The fraction of sp³-hybridized carbons (Fsp3) is 0.550. The Morgan fingerprint density at radius 1 is 1.12 bits per heavy atom. The van der Waals surface area contributed by atoms with Gasteiger partial charge >= 0.3 is 0 Å². The molecule has 1 fully saturated rings. The highest BCUT2D eigenvalue weighted by Gasteiger charge is 2.39. The SMILES string of the molecule is Cc1ccc(C(=O)NCCNC(=O)C2CC(=O)N(C(C)(C)C)C2)cc1C. The van der Waals surface area contributed by atoms with E-state index in [9.17, 15) is 14.4 Å². The maximum Gasteiger partial charge on any atom is 0.251 e. The van der Waals surface area contributed by atoms with E-state index in [0.29, 0.717) is 25.2 Å². The molecule has 1 aliphatic heterocycles. The minimum Gasteiger partial charge on any atom is -0.354 e. The largest absolute Gasteiger partial charge is 0.354 e. The van der Waals surface area contributed by atoms with Gasteiger partial charge in [-0.25, -0.2) is 0 Å². The van der Waals surface area contributed by atoms with Crippen LogP contribution in [0, 0.1) is 19.8 Å². The van der Waals surface area contributed by atoms with Crippen LogP contribution in [-0.2, 0) is 9.59 Å². The van der Waals surface area contributed by atoms with Crippen molar-refractivity contribution in [2.75, 3.05) is 19.6 Å². The number of nitrogens with zero attached hydrogens (tertiary/aromatic N) is 1. The van der Waals surface area contributed by atoms with Crippen molar-refractivity contribution < 1.29 is 14.4 Å². The summed E-state index contributed by atoms with van der Waals surface area (Å²) in [4.78, 5) is 38.2. The van der Waals surface area contributed by atoms with Crippen LogP contribution in [0.5, 0.6) is 0 Å². The number of carbonyl (C=O) groups is 3. The molecule has 0 bridgehead atoms. The summed E-state index contributed by atoms with van der Waals surface area (Å²) in [6, 6.07) is 5.57. The number of amides is 3. The summed E-state index contributed by atoms with van der Waals surface area (Å²) in [7, 11) is 0. The van der Waals surface area contributed by atoms with E-state index in [1.165, 1.54) is 0 Å². The quantitative estimate of drug-likeness (QED) is 0.787. The molecular weight excluding hydrogens is 330 g/mol. The standard InChI is InChI=1S/C20H29N3O3/c1-13-6-7-15(10-14(13)2)18(25)21-8-9-22-19(26)16-11-17(24)23(12-16)20(3,4)5/h6-7,10,16H,8-9,11-12H2,1-5H3,(H,21,25)(H,22,26). The Labute approximate surface area is 155 Å². The van der Waals surface area contributed by atoms with Gasteiger partial charge in [-0.05, 0) is 57.9 Å². The van der Waals surface area contributed by atoms with E-state index in [1.807, 2.05) is 46.8 Å². The Balaban J connectivity index is 1.76. The Morgan fingerprint density at radius 3 is 2.35 bits per heavy atom. The van der Waals surface area contributed by atoms with Crippen molar-refractivity contribution in [2.45, 2.75) is 46.6 Å². The predicted molar refractivity (Wildman–Crippen MR) is 101 cm³/mol. The second-order valence-electron chi connectivity index (χ2n) is 7.92. The lowest BCUT2D eigenvalue weighted by Gasteiger charge is -2.31. The highest BCUT2D eigenvalue weighted by molar-refractivity contribution is 5.94. The molecule has 26 heavy (non-hydrogen) atoms. The summed E-state index contributed by atoms with van der Waals surface area (Å²) in [6.07, 6.45) is 0.248. The minimum absolute atomic E-state index is 0.0145. The Bertz CT molecular complexity index is 707. The molecule has 0 aliphatic carbocycles. The van der Waals surface area contributed by atoms with Crippen molar-refractivity contribution in [3.05, 3.63) is 34.9 Å². The molecule has 1 aromatic carbocycles. The van der Waals surface area contributed by atoms with E-state index in [0.717, 1.165) is 11.1 Å². The number of nitrogens with one attached hydrogen (secondary N) is 2. The average Bonchev–Trinajstić information content (AvgIpc) is 2.96. The zero-order valence-electron chi connectivity index (χ0n) is 16.3. The van der Waals surface area contributed by atoms with Crippen molar-refractivity contribution in [3.8, 4) is 0 Å². The van der Waals surface area contributed by atoms with Crippen LogP contribution in [0.25, 0.3) is 0 Å². The van der Waals surface area contributed by atoms with Gasteiger partial charge in [0, 0.05) is 37.2 Å². The Hall–Kier alpha value is -2.37. The zero-order chi connectivity index (χ0) is 19.5. The Kier molecular flexibility index (Phi) is 6.05. The molecule has 6 nitrogen and oxygen atoms in total. The van der Waals surface area contributed by atoms with Crippen molar-refractivity contribution in [3.63, 3.8) is 0 Å². The van der Waals surface area contributed by atoms with E-state index in [2.05, 4.69) is 10.6 Å². The number of hydrogen-bond acceptors (Lipinski definition) is 3. The van der Waals surface area contributed by atoms with Crippen LogP contribution in [0.15, 0.2) is 18.2 Å². The fourth-order valence-corrected chi connectivity index (χ4v) is 3.02. The molecule has 142 valence electrons. The lowest BCUT2D eigenvalue weighted by Crippen LogP contribution is -2.43. The third-order valence-corrected chi connectivity index (χ3v) is 4.78. The molecule has 0 spiro atoms. The van der Waals surface area contributed by atoms with Gasteiger partial charge in [-0.3, -0.25) is 14.4 Å². The molecule has 0 radical (unpaired) electrons. The van der Waals surface area contributed by atoms with Gasteiger partial charge in [0.1, 0.15) is 0 Å². The molecule has 6 heteroatoms. The average molecular weight is 359 g/mol. The van der Waals surface area contributed by atoms with E-state index in [-0.39, 0.29) is 35.6 Å². The first-order valence-corrected chi connectivity index (χ1v) is 9.03. The van der Waals surface area contributed by atoms with Crippen molar-refractivity contribution >= 4 is 17.7 Å². The molecule has 0 aromatic heterocycles. The number of hydrogen-bond donors (Lipinski definition) is 2. The Morgan fingerprint density at radius 2 is 1.77 bits per heavy atom. The van der Waals surface area contributed by atoms with E-state index >= 15 is 0 Å². The molecule has 1 unspecified atom stereocenters. The van der Waals surface area contributed by atoms with Crippen molar-refractivity contribution in [1.82, 2.24) is 15.5 Å². The number of carbonyl (C=O) groups excluding carboxylic acids is 3. The van der Waals surface area contributed by atoms with E-state index in [4.69, 9.17) is 0 Å². The summed E-state index contributed by atoms with van der Waals surface area (Å²) in [6.45, 7) is 11.0. The molecular formula is C20H29N3O3. The molecule has 1 saturated heterocycles. The first-order valence-electron chi connectivity index (χ1n) is 9.03. The van der Waals surface area contributed by atoms with Gasteiger partial charge in [0.25, 0.3) is 5.91 Å². The lowest BCUT2D eigenvalue weighted by molar-refractivity contribution is -0.132. The van der Waals surface area contributed by atoms with Crippen LogP contribution >= 0.6 is 0 Å². The van der Waals surface area contributed by atoms with Crippen LogP contribution in [0.3, 0.4) is 0 Å². The molecule has 0 saturated carbocycles. The lowest BCUT2D eigenvalue weighted by atomic mass is 10.1. The van der Waals surface area contributed by atoms with Crippen LogP contribution in [0.4, 0.5) is 0 Å². The van der Waals surface area contributed by atoms with Gasteiger partial charge in [-0.1, -0.05) is 6.07 Å². The summed E-state index contributed by atoms with van der Waals surface area (Å²) in [5, 5.41) is 5.61. The molecule has 2 rings (SSSR count). The van der Waals surface area contributed by atoms with Gasteiger partial charge in [0.15, 0.2) is 0 Å². The first kappa shape index (κ1) is 19.9. The van der Waals surface area contributed by atoms with Gasteiger partial charge in [0.2, 0.25) is 11.8 Å². The summed E-state index contributed by atoms with van der Waals surface area (Å²) < 4.78 is 0. The van der Waals surface area contributed by atoms with Crippen LogP contribution in [0.2, 0.25) is 0 Å². The third kappa shape index (κ3) is 4.84.